The maximum Gasteiger partial charge on any atom is 0.187 e. The van der Waals surface area contributed by atoms with Gasteiger partial charge in [-0.05, 0) is 31.4 Å². The van der Waals surface area contributed by atoms with Crippen molar-refractivity contribution in [3.05, 3.63) is 23.8 Å². The van der Waals surface area contributed by atoms with E-state index in [1.165, 1.54) is 0 Å². The van der Waals surface area contributed by atoms with Gasteiger partial charge in [-0.15, -0.1) is 0 Å². The number of sulfone groups is 1. The Balaban J connectivity index is 2.16. The lowest BCUT2D eigenvalue weighted by Crippen LogP contribution is -2.49. The molecule has 0 unspecified atom stereocenters. The van der Waals surface area contributed by atoms with Crippen molar-refractivity contribution in [3.8, 4) is 0 Å². The molecule has 1 fully saturated rings. The van der Waals surface area contributed by atoms with Crippen LogP contribution in [-0.4, -0.2) is 19.7 Å². The van der Waals surface area contributed by atoms with Gasteiger partial charge in [0, 0.05) is 6.54 Å². The van der Waals surface area contributed by atoms with Gasteiger partial charge < -0.3 is 5.32 Å². The SMILES string of the molecule is Cc1cccc2c1NCC1(CCCCC1)S2(=O)=O. The second kappa shape index (κ2) is 3.98. The first-order valence-corrected chi connectivity index (χ1v) is 8.13. The largest absolute Gasteiger partial charge is 0.382 e. The van der Waals surface area contributed by atoms with E-state index in [1.54, 1.807) is 6.07 Å². The van der Waals surface area contributed by atoms with Crippen LogP contribution in [0, 0.1) is 6.92 Å². The summed E-state index contributed by atoms with van der Waals surface area (Å²) >= 11 is 0. The van der Waals surface area contributed by atoms with Gasteiger partial charge in [-0.1, -0.05) is 31.4 Å². The number of hydrogen-bond donors (Lipinski definition) is 1. The van der Waals surface area contributed by atoms with E-state index < -0.39 is 14.6 Å². The third-order valence-corrected chi connectivity index (χ3v) is 7.06. The molecule has 0 radical (unpaired) electrons. The van der Waals surface area contributed by atoms with Crippen molar-refractivity contribution in [2.75, 3.05) is 11.9 Å². The third-order valence-electron chi connectivity index (χ3n) is 4.45. The summed E-state index contributed by atoms with van der Waals surface area (Å²) in [5, 5.41) is 3.37. The fourth-order valence-electron chi connectivity index (χ4n) is 3.31. The van der Waals surface area contributed by atoms with Crippen LogP contribution in [0.1, 0.15) is 37.7 Å². The lowest BCUT2D eigenvalue weighted by molar-refractivity contribution is 0.381. The van der Waals surface area contributed by atoms with Crippen LogP contribution in [0.25, 0.3) is 0 Å². The Bertz CT molecular complexity index is 571. The summed E-state index contributed by atoms with van der Waals surface area (Å²) in [5.74, 6) is 0. The predicted molar refractivity (Wildman–Crippen MR) is 72.7 cm³/mol. The average Bonchev–Trinajstić information content (AvgIpc) is 2.36. The second-order valence-electron chi connectivity index (χ2n) is 5.55. The molecule has 1 aromatic rings. The molecule has 18 heavy (non-hydrogen) atoms. The van der Waals surface area contributed by atoms with Crippen molar-refractivity contribution in [3.63, 3.8) is 0 Å². The molecule has 1 aromatic carbocycles. The van der Waals surface area contributed by atoms with E-state index in [4.69, 9.17) is 0 Å². The molecule has 1 saturated carbocycles. The van der Waals surface area contributed by atoms with E-state index in [0.29, 0.717) is 11.4 Å². The molecule has 1 aliphatic heterocycles. The highest BCUT2D eigenvalue weighted by molar-refractivity contribution is 7.93. The average molecular weight is 265 g/mol. The Morgan fingerprint density at radius 2 is 1.89 bits per heavy atom. The van der Waals surface area contributed by atoms with Crippen molar-refractivity contribution < 1.29 is 8.42 Å². The Hall–Kier alpha value is -1.03. The Labute approximate surface area is 109 Å². The van der Waals surface area contributed by atoms with Crippen LogP contribution in [0.3, 0.4) is 0 Å². The normalized spacial score (nSPS) is 24.3. The van der Waals surface area contributed by atoms with E-state index in [2.05, 4.69) is 5.32 Å². The van der Waals surface area contributed by atoms with Gasteiger partial charge >= 0.3 is 0 Å². The highest BCUT2D eigenvalue weighted by Crippen LogP contribution is 2.44. The van der Waals surface area contributed by atoms with Gasteiger partial charge in [-0.3, -0.25) is 0 Å². The molecule has 0 amide bonds. The van der Waals surface area contributed by atoms with Crippen LogP contribution in [0.4, 0.5) is 5.69 Å². The molecular formula is C14H19NO2S. The van der Waals surface area contributed by atoms with Crippen LogP contribution in [-0.2, 0) is 9.84 Å². The number of aryl methyl sites for hydroxylation is 1. The quantitative estimate of drug-likeness (QED) is 0.784. The van der Waals surface area contributed by atoms with E-state index in [-0.39, 0.29) is 0 Å². The van der Waals surface area contributed by atoms with Crippen LogP contribution in [0.2, 0.25) is 0 Å². The summed E-state index contributed by atoms with van der Waals surface area (Å²) in [6, 6.07) is 5.55. The Kier molecular flexibility index (Phi) is 2.66. The standard InChI is InChI=1S/C14H19NO2S/c1-11-6-5-7-12-13(11)15-10-14(18(12,16)17)8-3-2-4-9-14/h5-7,15H,2-4,8-10H2,1H3. The summed E-state index contributed by atoms with van der Waals surface area (Å²) in [4.78, 5) is 0.510. The molecule has 4 heteroatoms. The smallest absolute Gasteiger partial charge is 0.187 e. The lowest BCUT2D eigenvalue weighted by Gasteiger charge is -2.41. The summed E-state index contributed by atoms with van der Waals surface area (Å²) in [7, 11) is -3.19. The summed E-state index contributed by atoms with van der Waals surface area (Å²) in [5.41, 5.74) is 1.83. The fraction of sp³-hybridized carbons (Fsp3) is 0.571. The summed E-state index contributed by atoms with van der Waals surface area (Å²) in [6.07, 6.45) is 4.83. The van der Waals surface area contributed by atoms with Crippen molar-refractivity contribution in [1.29, 1.82) is 0 Å². The third kappa shape index (κ3) is 1.51. The molecule has 0 aromatic heterocycles. The molecule has 2 aliphatic rings. The van der Waals surface area contributed by atoms with Crippen LogP contribution < -0.4 is 5.32 Å². The van der Waals surface area contributed by atoms with Crippen LogP contribution in [0.5, 0.6) is 0 Å². The van der Waals surface area contributed by atoms with Gasteiger partial charge in [0.2, 0.25) is 0 Å². The maximum absolute atomic E-state index is 12.9. The zero-order chi connectivity index (χ0) is 12.8. The van der Waals surface area contributed by atoms with E-state index in [1.807, 2.05) is 19.1 Å². The van der Waals surface area contributed by atoms with Gasteiger partial charge in [0.05, 0.1) is 15.3 Å². The number of anilines is 1. The van der Waals surface area contributed by atoms with Gasteiger partial charge in [0.15, 0.2) is 9.84 Å². The molecular weight excluding hydrogens is 246 g/mol. The predicted octanol–water partition coefficient (Wildman–Crippen LogP) is 2.90. The molecule has 1 N–H and O–H groups in total. The Morgan fingerprint density at radius 3 is 2.61 bits per heavy atom. The van der Waals surface area contributed by atoms with E-state index >= 15 is 0 Å². The topological polar surface area (TPSA) is 46.2 Å². The minimum atomic E-state index is -3.19. The van der Waals surface area contributed by atoms with Gasteiger partial charge in [0.25, 0.3) is 0 Å². The molecule has 98 valence electrons. The molecule has 3 nitrogen and oxygen atoms in total. The van der Waals surface area contributed by atoms with Gasteiger partial charge in [-0.25, -0.2) is 8.42 Å². The second-order valence-corrected chi connectivity index (χ2v) is 7.86. The first-order valence-electron chi connectivity index (χ1n) is 6.65. The van der Waals surface area contributed by atoms with E-state index in [0.717, 1.165) is 43.4 Å². The van der Waals surface area contributed by atoms with Crippen molar-refractivity contribution in [1.82, 2.24) is 0 Å². The molecule has 0 bridgehead atoms. The van der Waals surface area contributed by atoms with Gasteiger partial charge in [-0.2, -0.15) is 0 Å². The molecule has 1 spiro atoms. The summed E-state index contributed by atoms with van der Waals surface area (Å²) in [6.45, 7) is 2.54. The maximum atomic E-state index is 12.9. The molecule has 1 aliphatic carbocycles. The molecule has 1 heterocycles. The zero-order valence-corrected chi connectivity index (χ0v) is 11.5. The first-order chi connectivity index (χ1) is 8.57. The van der Waals surface area contributed by atoms with Crippen molar-refractivity contribution >= 4 is 15.5 Å². The molecule has 0 saturated heterocycles. The highest BCUT2D eigenvalue weighted by atomic mass is 32.2. The summed E-state index contributed by atoms with van der Waals surface area (Å²) < 4.78 is 25.2. The highest BCUT2D eigenvalue weighted by Gasteiger charge is 2.48. The number of fused-ring (bicyclic) bond motifs is 1. The van der Waals surface area contributed by atoms with Crippen molar-refractivity contribution in [2.24, 2.45) is 0 Å². The van der Waals surface area contributed by atoms with Crippen LogP contribution in [0.15, 0.2) is 23.1 Å². The van der Waals surface area contributed by atoms with Crippen molar-refractivity contribution in [2.45, 2.75) is 48.7 Å². The monoisotopic (exact) mass is 265 g/mol. The number of rotatable bonds is 0. The molecule has 0 atom stereocenters. The fourth-order valence-corrected chi connectivity index (χ4v) is 5.63. The number of benzene rings is 1. The number of para-hydroxylation sites is 1. The lowest BCUT2D eigenvalue weighted by atomic mass is 9.88. The zero-order valence-electron chi connectivity index (χ0n) is 10.7. The molecule has 3 rings (SSSR count). The van der Waals surface area contributed by atoms with Gasteiger partial charge in [0.1, 0.15) is 0 Å². The first kappa shape index (κ1) is 12.0. The minimum absolute atomic E-state index is 0.510. The number of nitrogens with one attached hydrogen (secondary N) is 1. The van der Waals surface area contributed by atoms with Crippen LogP contribution >= 0.6 is 0 Å². The minimum Gasteiger partial charge on any atom is -0.382 e. The Morgan fingerprint density at radius 1 is 1.17 bits per heavy atom. The van der Waals surface area contributed by atoms with E-state index in [9.17, 15) is 8.42 Å². The number of hydrogen-bond acceptors (Lipinski definition) is 3.